The maximum absolute atomic E-state index is 14.1. The number of rotatable bonds is 12. The van der Waals surface area contributed by atoms with Crippen molar-refractivity contribution in [3.63, 3.8) is 0 Å². The first-order chi connectivity index (χ1) is 21.2. The predicted molar refractivity (Wildman–Crippen MR) is 169 cm³/mol. The van der Waals surface area contributed by atoms with Gasteiger partial charge in [-0.25, -0.2) is 4.39 Å². The van der Waals surface area contributed by atoms with Crippen LogP contribution in [-0.4, -0.2) is 70.5 Å². The summed E-state index contributed by atoms with van der Waals surface area (Å²) in [5, 5.41) is 33.5. The molecule has 0 aliphatic heterocycles. The Labute approximate surface area is 270 Å². The summed E-state index contributed by atoms with van der Waals surface area (Å²) in [5.74, 6) is 1.23. The van der Waals surface area contributed by atoms with Gasteiger partial charge in [-0.2, -0.15) is 0 Å². The lowest BCUT2D eigenvalue weighted by molar-refractivity contribution is -0.141. The first-order valence-electron chi connectivity index (χ1n) is 15.2. The van der Waals surface area contributed by atoms with Gasteiger partial charge in [0, 0.05) is 31.5 Å². The van der Waals surface area contributed by atoms with Crippen LogP contribution in [0.3, 0.4) is 0 Å². The highest BCUT2D eigenvalue weighted by Gasteiger charge is 2.44. The van der Waals surface area contributed by atoms with Crippen LogP contribution in [0.25, 0.3) is 0 Å². The summed E-state index contributed by atoms with van der Waals surface area (Å²) >= 11 is 2.06. The summed E-state index contributed by atoms with van der Waals surface area (Å²) in [6, 6.07) is 8.49. The maximum atomic E-state index is 14.1. The van der Waals surface area contributed by atoms with Crippen molar-refractivity contribution in [1.82, 2.24) is 10.2 Å². The summed E-state index contributed by atoms with van der Waals surface area (Å²) in [4.78, 5) is 29.0. The third-order valence-corrected chi connectivity index (χ3v) is 10.0. The number of amides is 2. The molecule has 9 nitrogen and oxygen atoms in total. The summed E-state index contributed by atoms with van der Waals surface area (Å²) < 4.78 is 26.3. The lowest BCUT2D eigenvalue weighted by Gasteiger charge is -2.41. The average Bonchev–Trinajstić information content (AvgIpc) is 3.65. The number of aliphatic hydroxyl groups excluding tert-OH is 3. The van der Waals surface area contributed by atoms with Crippen molar-refractivity contribution < 1.29 is 38.8 Å². The Balaban J connectivity index is 1.48. The number of benzene rings is 2. The largest absolute Gasteiger partial charge is 0.493 e. The Morgan fingerprint density at radius 2 is 1.89 bits per heavy atom. The Bertz CT molecular complexity index is 1370. The molecule has 3 aliphatic carbocycles. The molecule has 0 spiro atoms. The maximum Gasteiger partial charge on any atom is 0.247 e. The van der Waals surface area contributed by atoms with E-state index in [1.165, 1.54) is 25.7 Å². The molecule has 2 aromatic rings. The van der Waals surface area contributed by atoms with E-state index >= 15 is 0 Å². The number of carbonyl (C=O) groups is 2. The molecule has 0 radical (unpaired) electrons. The molecule has 2 aromatic carbocycles. The third kappa shape index (κ3) is 7.38. The molecule has 11 heteroatoms. The van der Waals surface area contributed by atoms with Crippen molar-refractivity contribution >= 4 is 34.4 Å². The van der Waals surface area contributed by atoms with Crippen LogP contribution < -0.4 is 14.8 Å². The zero-order valence-electron chi connectivity index (χ0n) is 24.8. The lowest BCUT2D eigenvalue weighted by Crippen LogP contribution is -2.55. The van der Waals surface area contributed by atoms with E-state index in [1.807, 2.05) is 0 Å². The van der Waals surface area contributed by atoms with Crippen molar-refractivity contribution in [1.29, 1.82) is 0 Å². The van der Waals surface area contributed by atoms with Gasteiger partial charge < -0.3 is 35.0 Å². The van der Waals surface area contributed by atoms with Gasteiger partial charge in [0.1, 0.15) is 18.0 Å². The monoisotopic (exact) mass is 722 g/mol. The van der Waals surface area contributed by atoms with Gasteiger partial charge in [0.05, 0.1) is 29.9 Å². The van der Waals surface area contributed by atoms with Crippen LogP contribution in [0.2, 0.25) is 0 Å². The third-order valence-electron chi connectivity index (χ3n) is 9.25. The number of methoxy groups -OCH3 is 1. The fraction of sp³-hybridized carbons (Fsp3) is 0.515. The number of nitrogens with zero attached hydrogens (tertiary/aromatic N) is 1. The minimum Gasteiger partial charge on any atom is -0.493 e. The first-order valence-corrected chi connectivity index (χ1v) is 16.2. The number of hydrogen-bond acceptors (Lipinski definition) is 7. The first kappa shape index (κ1) is 32.6. The highest BCUT2D eigenvalue weighted by atomic mass is 127. The zero-order valence-corrected chi connectivity index (χ0v) is 26.9. The second-order valence-corrected chi connectivity index (χ2v) is 13.2. The normalized spacial score (nSPS) is 25.8. The van der Waals surface area contributed by atoms with Gasteiger partial charge in [-0.15, -0.1) is 0 Å². The van der Waals surface area contributed by atoms with Crippen LogP contribution in [0.4, 0.5) is 4.39 Å². The molecular weight excluding hydrogens is 682 g/mol. The van der Waals surface area contributed by atoms with Crippen LogP contribution in [0.1, 0.15) is 49.7 Å². The molecule has 0 heterocycles. The number of hydrogen-bond donors (Lipinski definition) is 4. The van der Waals surface area contributed by atoms with Gasteiger partial charge in [-0.05, 0) is 101 Å². The van der Waals surface area contributed by atoms with Crippen molar-refractivity contribution in [3.05, 3.63) is 68.6 Å². The predicted octanol–water partition coefficient (Wildman–Crippen LogP) is 3.70. The summed E-state index contributed by atoms with van der Waals surface area (Å²) in [6.07, 6.45) is 4.26. The van der Waals surface area contributed by atoms with E-state index in [1.54, 1.807) is 35.2 Å². The van der Waals surface area contributed by atoms with Crippen molar-refractivity contribution in [2.75, 3.05) is 20.3 Å². The van der Waals surface area contributed by atoms with Crippen LogP contribution in [0.15, 0.2) is 48.0 Å². The van der Waals surface area contributed by atoms with Gasteiger partial charge in [0.2, 0.25) is 11.8 Å². The molecule has 5 rings (SSSR count). The van der Waals surface area contributed by atoms with Crippen LogP contribution in [0.5, 0.6) is 11.5 Å². The molecule has 3 aliphatic rings. The number of fused-ring (bicyclic) bond motifs is 2. The molecule has 238 valence electrons. The molecule has 44 heavy (non-hydrogen) atoms. The second kappa shape index (κ2) is 14.6. The molecular formula is C33H40FIN2O7. The molecule has 3 unspecified atom stereocenters. The second-order valence-electron chi connectivity index (χ2n) is 12.1. The smallest absolute Gasteiger partial charge is 0.247 e. The number of ether oxygens (including phenoxy) is 2. The van der Waals surface area contributed by atoms with E-state index < -0.39 is 24.2 Å². The lowest BCUT2D eigenvalue weighted by atomic mass is 9.84. The van der Waals surface area contributed by atoms with Gasteiger partial charge >= 0.3 is 0 Å². The minimum absolute atomic E-state index is 0.0473. The van der Waals surface area contributed by atoms with Gasteiger partial charge in [-0.1, -0.05) is 18.6 Å². The molecule has 2 bridgehead atoms. The fourth-order valence-corrected chi connectivity index (χ4v) is 7.83. The highest BCUT2D eigenvalue weighted by molar-refractivity contribution is 14.1. The Morgan fingerprint density at radius 1 is 1.11 bits per heavy atom. The standard InChI is InChI=1S/C33H40FIN2O7/c1-43-29-13-21(18-39)12-26(35)32(29)44-28-15-24(33(42)36-8-9-38)14-27(31(28)41)37(17-19-3-6-25(34)7-4-19)30(40)16-23-11-20-2-5-22(23)10-20/h3-4,6-7,12-13,15,20,22-23,27-28,31,38-39,41H,2,5,8-11,14,16-18H2,1H3,(H,36,42)/t20?,22?,23?,27-,28+,31+/m1/s1. The van der Waals surface area contributed by atoms with Crippen molar-refractivity contribution in [2.45, 2.75) is 69.9 Å². The SMILES string of the molecule is COc1cc(CO)cc(I)c1O[C@H]1C=C(C(=O)NCCO)C[C@@H](N(Cc2ccc(F)cc2)C(=O)CC2CC3CCC2C3)[C@@H]1O. The van der Waals surface area contributed by atoms with E-state index in [0.29, 0.717) is 50.0 Å². The van der Waals surface area contributed by atoms with E-state index in [0.717, 1.165) is 19.3 Å². The Kier molecular flexibility index (Phi) is 10.8. The van der Waals surface area contributed by atoms with E-state index in [4.69, 9.17) is 9.47 Å². The topological polar surface area (TPSA) is 129 Å². The highest BCUT2D eigenvalue weighted by Crippen LogP contribution is 2.50. The molecule has 2 amide bonds. The molecule has 2 saturated carbocycles. The van der Waals surface area contributed by atoms with Crippen LogP contribution in [-0.2, 0) is 22.7 Å². The minimum atomic E-state index is -1.22. The number of halogens is 2. The van der Waals surface area contributed by atoms with E-state index in [2.05, 4.69) is 27.9 Å². The van der Waals surface area contributed by atoms with E-state index in [-0.39, 0.29) is 50.4 Å². The van der Waals surface area contributed by atoms with Crippen LogP contribution >= 0.6 is 22.6 Å². The summed E-state index contributed by atoms with van der Waals surface area (Å²) in [7, 11) is 1.47. The summed E-state index contributed by atoms with van der Waals surface area (Å²) in [5.41, 5.74) is 1.64. The van der Waals surface area contributed by atoms with Gasteiger partial charge in [0.15, 0.2) is 11.5 Å². The van der Waals surface area contributed by atoms with Gasteiger partial charge in [0.25, 0.3) is 0 Å². The number of nitrogens with one attached hydrogen (secondary N) is 1. The zero-order chi connectivity index (χ0) is 31.4. The van der Waals surface area contributed by atoms with Crippen LogP contribution in [0, 0.1) is 27.1 Å². The Hall–Kier alpha value is -2.74. The van der Waals surface area contributed by atoms with Crippen molar-refractivity contribution in [2.24, 2.45) is 17.8 Å². The molecule has 0 aromatic heterocycles. The summed E-state index contributed by atoms with van der Waals surface area (Å²) in [6.45, 7) is -0.257. The molecule has 6 atom stereocenters. The quantitative estimate of drug-likeness (QED) is 0.246. The number of aliphatic hydroxyl groups is 3. The number of carbonyl (C=O) groups excluding carboxylic acids is 2. The average molecular weight is 723 g/mol. The van der Waals surface area contributed by atoms with Gasteiger partial charge in [-0.3, -0.25) is 9.59 Å². The molecule has 4 N–H and O–H groups in total. The fourth-order valence-electron chi connectivity index (χ4n) is 7.04. The molecule has 2 fully saturated rings. The Morgan fingerprint density at radius 3 is 2.52 bits per heavy atom. The van der Waals surface area contributed by atoms with E-state index in [9.17, 15) is 29.3 Å². The van der Waals surface area contributed by atoms with Crippen molar-refractivity contribution in [3.8, 4) is 11.5 Å². The molecule has 0 saturated heterocycles.